The number of hydrogen-bond acceptors (Lipinski definition) is 4. The van der Waals surface area contributed by atoms with Crippen molar-refractivity contribution in [2.45, 2.75) is 45.7 Å². The highest BCUT2D eigenvalue weighted by molar-refractivity contribution is 6.30. The van der Waals surface area contributed by atoms with Crippen molar-refractivity contribution >= 4 is 29.9 Å². The molecule has 0 saturated carbocycles. The van der Waals surface area contributed by atoms with Crippen molar-refractivity contribution in [2.75, 3.05) is 19.7 Å². The fourth-order valence-electron chi connectivity index (χ4n) is 4.36. The van der Waals surface area contributed by atoms with Gasteiger partial charge in [0.15, 0.2) is 0 Å². The van der Waals surface area contributed by atoms with Crippen molar-refractivity contribution in [1.82, 2.24) is 15.8 Å². The Hall–Kier alpha value is -1.79. The molecule has 2 aromatic rings. The van der Waals surface area contributed by atoms with E-state index in [0.29, 0.717) is 18.1 Å². The molecule has 4 rings (SSSR count). The number of fused-ring (bicyclic) bond motifs is 1. The molecule has 0 atom stereocenters. The lowest BCUT2D eigenvalue weighted by atomic mass is 9.93. The molecular weight excluding hydrogens is 433 g/mol. The highest BCUT2D eigenvalue weighted by atomic mass is 35.5. The minimum atomic E-state index is 0. The molecule has 7 heteroatoms. The lowest BCUT2D eigenvalue weighted by molar-refractivity contribution is 0.0678. The molecule has 0 bridgehead atoms. The SMILES string of the molecule is Cc1cc(OCCCC2CCNCC2)cc2c1C(=O)N(NCc1ccc(Cl)cc1)C2.Cl. The van der Waals surface area contributed by atoms with Crippen LogP contribution in [-0.2, 0) is 13.1 Å². The van der Waals surface area contributed by atoms with E-state index in [-0.39, 0.29) is 18.3 Å². The Morgan fingerprint density at radius 2 is 1.94 bits per heavy atom. The van der Waals surface area contributed by atoms with E-state index in [9.17, 15) is 4.79 Å². The molecule has 0 spiro atoms. The van der Waals surface area contributed by atoms with Gasteiger partial charge in [0.2, 0.25) is 0 Å². The van der Waals surface area contributed by atoms with Gasteiger partial charge < -0.3 is 10.1 Å². The molecule has 2 aromatic carbocycles. The number of benzene rings is 2. The second kappa shape index (κ2) is 11.2. The molecule has 0 aromatic heterocycles. The number of carbonyl (C=O) groups excluding carboxylic acids is 1. The van der Waals surface area contributed by atoms with E-state index in [0.717, 1.165) is 60.0 Å². The summed E-state index contributed by atoms with van der Waals surface area (Å²) in [7, 11) is 0. The molecule has 1 amide bonds. The van der Waals surface area contributed by atoms with Crippen molar-refractivity contribution in [3.63, 3.8) is 0 Å². The van der Waals surface area contributed by atoms with Crippen molar-refractivity contribution in [3.05, 3.63) is 63.7 Å². The first-order valence-corrected chi connectivity index (χ1v) is 11.2. The average Bonchev–Trinajstić information content (AvgIpc) is 3.07. The summed E-state index contributed by atoms with van der Waals surface area (Å²) in [5.74, 6) is 1.72. The van der Waals surface area contributed by atoms with Gasteiger partial charge in [-0.3, -0.25) is 9.80 Å². The largest absolute Gasteiger partial charge is 0.494 e. The van der Waals surface area contributed by atoms with Gasteiger partial charge in [-0.1, -0.05) is 23.7 Å². The number of ether oxygens (including phenoxy) is 1. The standard InChI is InChI=1S/C24H30ClN3O2.ClH/c1-17-13-22(30-12-2-3-18-8-10-26-11-9-18)14-20-16-28(24(29)23(17)20)27-15-19-4-6-21(25)7-5-19;/h4-7,13-14,18,26-27H,2-3,8-12,15-16H2,1H3;1H. The van der Waals surface area contributed by atoms with Gasteiger partial charge in [-0.2, -0.15) is 0 Å². The number of piperidine rings is 1. The van der Waals surface area contributed by atoms with E-state index >= 15 is 0 Å². The van der Waals surface area contributed by atoms with E-state index in [2.05, 4.69) is 10.7 Å². The van der Waals surface area contributed by atoms with Gasteiger partial charge in [0.05, 0.1) is 13.2 Å². The first kappa shape index (κ1) is 23.9. The molecule has 0 unspecified atom stereocenters. The van der Waals surface area contributed by atoms with Crippen LogP contribution >= 0.6 is 24.0 Å². The van der Waals surface area contributed by atoms with Gasteiger partial charge in [0.25, 0.3) is 5.91 Å². The first-order chi connectivity index (χ1) is 14.6. The van der Waals surface area contributed by atoms with Crippen molar-refractivity contribution in [3.8, 4) is 5.75 Å². The van der Waals surface area contributed by atoms with Gasteiger partial charge in [-0.05, 0) is 92.6 Å². The third kappa shape index (κ3) is 6.13. The van der Waals surface area contributed by atoms with Gasteiger partial charge in [-0.15, -0.1) is 12.4 Å². The average molecular weight is 464 g/mol. The molecule has 2 heterocycles. The summed E-state index contributed by atoms with van der Waals surface area (Å²) in [6.45, 7) is 6.14. The summed E-state index contributed by atoms with van der Waals surface area (Å²) in [6, 6.07) is 11.7. The third-order valence-corrected chi connectivity index (χ3v) is 6.30. The predicted molar refractivity (Wildman–Crippen MR) is 127 cm³/mol. The number of hydrazine groups is 1. The zero-order chi connectivity index (χ0) is 20.9. The zero-order valence-electron chi connectivity index (χ0n) is 18.0. The summed E-state index contributed by atoms with van der Waals surface area (Å²) in [5.41, 5.74) is 7.12. The molecule has 0 radical (unpaired) electrons. The Morgan fingerprint density at radius 1 is 1.19 bits per heavy atom. The summed E-state index contributed by atoms with van der Waals surface area (Å²) in [6.07, 6.45) is 4.86. The van der Waals surface area contributed by atoms with E-state index in [1.54, 1.807) is 5.01 Å². The second-order valence-corrected chi connectivity index (χ2v) is 8.75. The molecule has 168 valence electrons. The van der Waals surface area contributed by atoms with Crippen molar-refractivity contribution in [2.24, 2.45) is 5.92 Å². The molecule has 5 nitrogen and oxygen atoms in total. The monoisotopic (exact) mass is 463 g/mol. The Balaban J connectivity index is 0.00000272. The van der Waals surface area contributed by atoms with E-state index in [4.69, 9.17) is 16.3 Å². The quantitative estimate of drug-likeness (QED) is 0.547. The number of amides is 1. The van der Waals surface area contributed by atoms with Crippen LogP contribution in [0, 0.1) is 12.8 Å². The minimum Gasteiger partial charge on any atom is -0.494 e. The van der Waals surface area contributed by atoms with Crippen molar-refractivity contribution < 1.29 is 9.53 Å². The van der Waals surface area contributed by atoms with Crippen LogP contribution in [-0.4, -0.2) is 30.6 Å². The number of aryl methyl sites for hydroxylation is 1. The summed E-state index contributed by atoms with van der Waals surface area (Å²) in [4.78, 5) is 12.8. The van der Waals surface area contributed by atoms with Gasteiger partial charge in [-0.25, -0.2) is 5.43 Å². The summed E-state index contributed by atoms with van der Waals surface area (Å²) in [5, 5.41) is 5.81. The Morgan fingerprint density at radius 3 is 2.68 bits per heavy atom. The van der Waals surface area contributed by atoms with E-state index in [1.807, 2.05) is 43.3 Å². The van der Waals surface area contributed by atoms with Crippen LogP contribution in [0.1, 0.15) is 52.7 Å². The first-order valence-electron chi connectivity index (χ1n) is 10.9. The van der Waals surface area contributed by atoms with E-state index in [1.165, 1.54) is 19.3 Å². The fourth-order valence-corrected chi connectivity index (χ4v) is 4.49. The molecule has 31 heavy (non-hydrogen) atoms. The lowest BCUT2D eigenvalue weighted by Crippen LogP contribution is -2.37. The second-order valence-electron chi connectivity index (χ2n) is 8.31. The highest BCUT2D eigenvalue weighted by Crippen LogP contribution is 2.30. The molecule has 1 saturated heterocycles. The number of halogens is 2. The topological polar surface area (TPSA) is 53.6 Å². The van der Waals surface area contributed by atoms with Crippen LogP contribution in [0.25, 0.3) is 0 Å². The van der Waals surface area contributed by atoms with Crippen LogP contribution in [0.15, 0.2) is 36.4 Å². The minimum absolute atomic E-state index is 0. The van der Waals surface area contributed by atoms with Gasteiger partial charge >= 0.3 is 0 Å². The van der Waals surface area contributed by atoms with E-state index < -0.39 is 0 Å². The molecule has 2 aliphatic rings. The maximum absolute atomic E-state index is 12.8. The zero-order valence-corrected chi connectivity index (χ0v) is 19.5. The van der Waals surface area contributed by atoms with Crippen LogP contribution in [0.4, 0.5) is 0 Å². The molecule has 1 fully saturated rings. The van der Waals surface area contributed by atoms with Gasteiger partial charge in [0.1, 0.15) is 5.75 Å². The number of nitrogens with one attached hydrogen (secondary N) is 2. The van der Waals surface area contributed by atoms with Crippen LogP contribution in [0.3, 0.4) is 0 Å². The Kier molecular flexibility index (Phi) is 8.61. The molecule has 0 aliphatic carbocycles. The summed E-state index contributed by atoms with van der Waals surface area (Å²) >= 11 is 5.94. The van der Waals surface area contributed by atoms with Crippen LogP contribution in [0.5, 0.6) is 5.75 Å². The van der Waals surface area contributed by atoms with Gasteiger partial charge in [0, 0.05) is 17.1 Å². The molecule has 2 N–H and O–H groups in total. The maximum Gasteiger partial charge on any atom is 0.268 e. The maximum atomic E-state index is 12.8. The number of carbonyl (C=O) groups is 1. The third-order valence-electron chi connectivity index (χ3n) is 6.05. The van der Waals surface area contributed by atoms with Crippen LogP contribution < -0.4 is 15.5 Å². The highest BCUT2D eigenvalue weighted by Gasteiger charge is 2.29. The summed E-state index contributed by atoms with van der Waals surface area (Å²) < 4.78 is 6.04. The Bertz CT molecular complexity index is 883. The van der Waals surface area contributed by atoms with Crippen LogP contribution in [0.2, 0.25) is 5.02 Å². The lowest BCUT2D eigenvalue weighted by Gasteiger charge is -2.22. The molecule has 2 aliphatic heterocycles. The number of hydrogen-bond donors (Lipinski definition) is 2. The Labute approximate surface area is 195 Å². The fraction of sp³-hybridized carbons (Fsp3) is 0.458. The smallest absolute Gasteiger partial charge is 0.268 e. The number of rotatable bonds is 8. The number of nitrogens with zero attached hydrogens (tertiary/aromatic N) is 1. The molecular formula is C24H31Cl2N3O2. The normalized spacial score (nSPS) is 16.2. The predicted octanol–water partition coefficient (Wildman–Crippen LogP) is 4.89. The van der Waals surface area contributed by atoms with Crippen molar-refractivity contribution in [1.29, 1.82) is 0 Å².